The Balaban J connectivity index is 2.11. The van der Waals surface area contributed by atoms with Gasteiger partial charge in [0.15, 0.2) is 0 Å². The Labute approximate surface area is 100 Å². The summed E-state index contributed by atoms with van der Waals surface area (Å²) < 4.78 is 0. The fraction of sp³-hybridized carbons (Fsp3) is 0.0667. The Morgan fingerprint density at radius 3 is 1.71 bits per heavy atom. The number of aliphatic hydroxyl groups excluding tert-OH is 1. The van der Waals surface area contributed by atoms with Crippen molar-refractivity contribution in [2.45, 2.75) is 6.61 Å². The molecule has 0 aliphatic carbocycles. The smallest absolute Gasteiger partial charge is 0.115 e. The summed E-state index contributed by atoms with van der Waals surface area (Å²) in [4.78, 5) is 0. The molecule has 2 N–H and O–H groups in total. The van der Waals surface area contributed by atoms with Gasteiger partial charge >= 0.3 is 0 Å². The maximum Gasteiger partial charge on any atom is 0.115 e. The number of hydrogen-bond donors (Lipinski definition) is 2. The summed E-state index contributed by atoms with van der Waals surface area (Å²) in [6.45, 7) is 0.0714. The molecule has 2 rings (SSSR count). The summed E-state index contributed by atoms with van der Waals surface area (Å²) in [5, 5.41) is 18.1. The van der Waals surface area contributed by atoms with Crippen molar-refractivity contribution in [3.05, 3.63) is 65.2 Å². The summed E-state index contributed by atoms with van der Waals surface area (Å²) in [7, 11) is 0. The molecule has 0 fully saturated rings. The molecule has 0 radical (unpaired) electrons. The van der Waals surface area contributed by atoms with Gasteiger partial charge in [-0.05, 0) is 28.8 Å². The minimum Gasteiger partial charge on any atom is -0.508 e. The molecule has 0 atom stereocenters. The Kier molecular flexibility index (Phi) is 3.58. The van der Waals surface area contributed by atoms with Gasteiger partial charge in [-0.15, -0.1) is 0 Å². The van der Waals surface area contributed by atoms with Crippen LogP contribution in [0.3, 0.4) is 0 Å². The standard InChI is InChI=1S/C15H14O2/c16-11-14-5-3-12(4-6-14)1-2-13-7-9-15(17)10-8-13/h1-10,16-17H,11H2/b2-1+. The first-order valence-electron chi connectivity index (χ1n) is 5.45. The van der Waals surface area contributed by atoms with Gasteiger partial charge in [-0.3, -0.25) is 0 Å². The van der Waals surface area contributed by atoms with Gasteiger partial charge in [-0.25, -0.2) is 0 Å². The molecular weight excluding hydrogens is 212 g/mol. The molecule has 2 heteroatoms. The number of phenolic OH excluding ortho intramolecular Hbond substituents is 1. The highest BCUT2D eigenvalue weighted by molar-refractivity contribution is 5.69. The largest absolute Gasteiger partial charge is 0.508 e. The van der Waals surface area contributed by atoms with E-state index in [1.807, 2.05) is 48.6 Å². The van der Waals surface area contributed by atoms with Crippen molar-refractivity contribution < 1.29 is 10.2 Å². The molecule has 0 aromatic heterocycles. The van der Waals surface area contributed by atoms with Crippen LogP contribution in [0.15, 0.2) is 48.5 Å². The lowest BCUT2D eigenvalue weighted by atomic mass is 10.1. The zero-order valence-electron chi connectivity index (χ0n) is 9.38. The van der Waals surface area contributed by atoms with Crippen molar-refractivity contribution in [1.29, 1.82) is 0 Å². The van der Waals surface area contributed by atoms with Gasteiger partial charge in [0.2, 0.25) is 0 Å². The van der Waals surface area contributed by atoms with E-state index in [0.717, 1.165) is 16.7 Å². The highest BCUT2D eigenvalue weighted by Crippen LogP contribution is 2.13. The molecule has 0 spiro atoms. The predicted octanol–water partition coefficient (Wildman–Crippen LogP) is 3.05. The summed E-state index contributed by atoms with van der Waals surface area (Å²) in [6, 6.07) is 14.8. The van der Waals surface area contributed by atoms with Crippen molar-refractivity contribution in [3.63, 3.8) is 0 Å². The van der Waals surface area contributed by atoms with Crippen LogP contribution >= 0.6 is 0 Å². The molecule has 2 aromatic carbocycles. The Morgan fingerprint density at radius 2 is 1.24 bits per heavy atom. The van der Waals surface area contributed by atoms with E-state index in [9.17, 15) is 0 Å². The normalized spacial score (nSPS) is 10.9. The molecule has 0 amide bonds. The summed E-state index contributed by atoms with van der Waals surface area (Å²) in [5.74, 6) is 0.273. The number of benzene rings is 2. The van der Waals surface area contributed by atoms with E-state index in [2.05, 4.69) is 0 Å². The quantitative estimate of drug-likeness (QED) is 0.790. The van der Waals surface area contributed by atoms with Crippen molar-refractivity contribution in [2.24, 2.45) is 0 Å². The van der Waals surface area contributed by atoms with Gasteiger partial charge in [0.25, 0.3) is 0 Å². The minimum atomic E-state index is 0.0714. The maximum absolute atomic E-state index is 9.15. The average Bonchev–Trinajstić information content (AvgIpc) is 2.39. The first-order chi connectivity index (χ1) is 8.28. The monoisotopic (exact) mass is 226 g/mol. The zero-order valence-corrected chi connectivity index (χ0v) is 9.38. The van der Waals surface area contributed by atoms with Crippen LogP contribution in [-0.4, -0.2) is 10.2 Å². The second-order valence-corrected chi connectivity index (χ2v) is 3.82. The highest BCUT2D eigenvalue weighted by atomic mass is 16.3. The van der Waals surface area contributed by atoms with E-state index in [1.54, 1.807) is 12.1 Å². The first-order valence-corrected chi connectivity index (χ1v) is 5.45. The van der Waals surface area contributed by atoms with Gasteiger partial charge in [0, 0.05) is 0 Å². The number of aliphatic hydroxyl groups is 1. The molecular formula is C15H14O2. The second kappa shape index (κ2) is 5.32. The fourth-order valence-corrected chi connectivity index (χ4v) is 1.51. The third-order valence-corrected chi connectivity index (χ3v) is 2.52. The molecule has 17 heavy (non-hydrogen) atoms. The Bertz CT molecular complexity index is 495. The van der Waals surface area contributed by atoms with Crippen molar-refractivity contribution in [1.82, 2.24) is 0 Å². The van der Waals surface area contributed by atoms with E-state index in [1.165, 1.54) is 0 Å². The molecule has 86 valence electrons. The van der Waals surface area contributed by atoms with Crippen LogP contribution in [0.1, 0.15) is 16.7 Å². The van der Waals surface area contributed by atoms with Gasteiger partial charge in [0.05, 0.1) is 6.61 Å². The van der Waals surface area contributed by atoms with E-state index < -0.39 is 0 Å². The molecule has 0 saturated carbocycles. The molecule has 0 aliphatic heterocycles. The van der Waals surface area contributed by atoms with Gasteiger partial charge < -0.3 is 10.2 Å². The van der Waals surface area contributed by atoms with E-state index >= 15 is 0 Å². The van der Waals surface area contributed by atoms with Crippen molar-refractivity contribution in [2.75, 3.05) is 0 Å². The summed E-state index contributed by atoms with van der Waals surface area (Å²) in [5.41, 5.74) is 3.02. The van der Waals surface area contributed by atoms with Crippen LogP contribution in [0.2, 0.25) is 0 Å². The lowest BCUT2D eigenvalue weighted by molar-refractivity contribution is 0.282. The molecule has 0 heterocycles. The number of phenols is 1. The minimum absolute atomic E-state index is 0.0714. The second-order valence-electron chi connectivity index (χ2n) is 3.82. The maximum atomic E-state index is 9.15. The van der Waals surface area contributed by atoms with Crippen LogP contribution in [0.4, 0.5) is 0 Å². The molecule has 0 saturated heterocycles. The van der Waals surface area contributed by atoms with Crippen LogP contribution in [0.25, 0.3) is 12.2 Å². The number of rotatable bonds is 3. The average molecular weight is 226 g/mol. The van der Waals surface area contributed by atoms with Gasteiger partial charge in [-0.1, -0.05) is 48.6 Å². The number of aromatic hydroxyl groups is 1. The SMILES string of the molecule is OCc1ccc(/C=C/c2ccc(O)cc2)cc1. The molecule has 2 nitrogen and oxygen atoms in total. The predicted molar refractivity (Wildman–Crippen MR) is 69.4 cm³/mol. The van der Waals surface area contributed by atoms with Crippen LogP contribution in [-0.2, 0) is 6.61 Å². The fourth-order valence-electron chi connectivity index (χ4n) is 1.51. The molecule has 0 unspecified atom stereocenters. The van der Waals surface area contributed by atoms with Crippen molar-refractivity contribution in [3.8, 4) is 5.75 Å². The molecule has 0 aliphatic rings. The Morgan fingerprint density at radius 1 is 0.765 bits per heavy atom. The number of hydrogen-bond acceptors (Lipinski definition) is 2. The zero-order chi connectivity index (χ0) is 12.1. The Hall–Kier alpha value is -2.06. The topological polar surface area (TPSA) is 40.5 Å². The first kappa shape index (κ1) is 11.4. The molecule has 0 bridgehead atoms. The van der Waals surface area contributed by atoms with E-state index in [-0.39, 0.29) is 12.4 Å². The van der Waals surface area contributed by atoms with E-state index in [4.69, 9.17) is 10.2 Å². The van der Waals surface area contributed by atoms with Crippen LogP contribution in [0.5, 0.6) is 5.75 Å². The van der Waals surface area contributed by atoms with Gasteiger partial charge in [-0.2, -0.15) is 0 Å². The lowest BCUT2D eigenvalue weighted by Crippen LogP contribution is -1.81. The van der Waals surface area contributed by atoms with E-state index in [0.29, 0.717) is 0 Å². The highest BCUT2D eigenvalue weighted by Gasteiger charge is 1.91. The third kappa shape index (κ3) is 3.20. The summed E-state index contributed by atoms with van der Waals surface area (Å²) in [6.07, 6.45) is 3.97. The van der Waals surface area contributed by atoms with Crippen LogP contribution in [0, 0.1) is 0 Å². The van der Waals surface area contributed by atoms with Gasteiger partial charge in [0.1, 0.15) is 5.75 Å². The van der Waals surface area contributed by atoms with Crippen molar-refractivity contribution >= 4 is 12.2 Å². The third-order valence-electron chi connectivity index (χ3n) is 2.52. The van der Waals surface area contributed by atoms with Crippen LogP contribution < -0.4 is 0 Å². The summed E-state index contributed by atoms with van der Waals surface area (Å²) >= 11 is 0. The lowest BCUT2D eigenvalue weighted by Gasteiger charge is -1.97. The molecule has 2 aromatic rings.